The van der Waals surface area contributed by atoms with Gasteiger partial charge in [-0.1, -0.05) is 0 Å². The van der Waals surface area contributed by atoms with E-state index in [1.165, 1.54) is 6.07 Å². The van der Waals surface area contributed by atoms with Gasteiger partial charge in [-0.3, -0.25) is 10.1 Å². The Morgan fingerprint density at radius 2 is 2.07 bits per heavy atom. The molecule has 0 atom stereocenters. The van der Waals surface area contributed by atoms with Crippen molar-refractivity contribution >= 4 is 17.1 Å². The molecule has 5 nitrogen and oxygen atoms in total. The van der Waals surface area contributed by atoms with E-state index in [0.717, 1.165) is 5.69 Å². The van der Waals surface area contributed by atoms with Crippen LogP contribution in [0.3, 0.4) is 0 Å². The van der Waals surface area contributed by atoms with E-state index in [2.05, 4.69) is 5.32 Å². The Morgan fingerprint density at radius 1 is 1.43 bits per heavy atom. The third-order valence-corrected chi connectivity index (χ3v) is 1.94. The summed E-state index contributed by atoms with van der Waals surface area (Å²) in [5.74, 6) is 0. The molecule has 0 amide bonds. The van der Waals surface area contributed by atoms with Gasteiger partial charge in [0, 0.05) is 32.9 Å². The number of nitrogens with one attached hydrogen (secondary N) is 1. The number of nitro groups is 1. The van der Waals surface area contributed by atoms with Crippen molar-refractivity contribution in [3.05, 3.63) is 28.3 Å². The van der Waals surface area contributed by atoms with Gasteiger partial charge in [0.1, 0.15) is 5.69 Å². The molecule has 1 aromatic carbocycles. The van der Waals surface area contributed by atoms with Crippen LogP contribution in [-0.4, -0.2) is 26.1 Å². The number of anilines is 2. The second-order valence-corrected chi connectivity index (χ2v) is 3.11. The number of nitro benzene ring substituents is 1. The lowest BCUT2D eigenvalue weighted by Gasteiger charge is -2.13. The van der Waals surface area contributed by atoms with E-state index < -0.39 is 0 Å². The average Bonchev–Trinajstić information content (AvgIpc) is 2.16. The maximum Gasteiger partial charge on any atom is 0.294 e. The maximum absolute atomic E-state index is 10.7. The minimum Gasteiger partial charge on any atom is -0.388 e. The molecule has 0 saturated heterocycles. The van der Waals surface area contributed by atoms with E-state index in [0.29, 0.717) is 5.69 Å². The number of benzene rings is 1. The highest BCUT2D eigenvalue weighted by atomic mass is 16.6. The normalized spacial score (nSPS) is 9.64. The summed E-state index contributed by atoms with van der Waals surface area (Å²) in [4.78, 5) is 12.1. The van der Waals surface area contributed by atoms with Crippen LogP contribution in [0.15, 0.2) is 18.2 Å². The summed E-state index contributed by atoms with van der Waals surface area (Å²) < 4.78 is 0. The summed E-state index contributed by atoms with van der Waals surface area (Å²) in [6, 6.07) is 5.06. The monoisotopic (exact) mass is 195 g/mol. The van der Waals surface area contributed by atoms with Crippen molar-refractivity contribution in [1.82, 2.24) is 0 Å². The predicted molar refractivity (Wildman–Crippen MR) is 57.0 cm³/mol. The molecule has 0 aliphatic heterocycles. The van der Waals surface area contributed by atoms with E-state index in [-0.39, 0.29) is 10.6 Å². The highest BCUT2D eigenvalue weighted by Crippen LogP contribution is 2.29. The Kier molecular flexibility index (Phi) is 2.91. The number of hydrogen-bond acceptors (Lipinski definition) is 4. The fraction of sp³-hybridized carbons (Fsp3) is 0.333. The Labute approximate surface area is 82.5 Å². The van der Waals surface area contributed by atoms with Crippen LogP contribution in [-0.2, 0) is 0 Å². The van der Waals surface area contributed by atoms with Crippen LogP contribution in [0, 0.1) is 10.1 Å². The molecule has 0 aromatic heterocycles. The van der Waals surface area contributed by atoms with Crippen molar-refractivity contribution in [2.75, 3.05) is 31.4 Å². The van der Waals surface area contributed by atoms with Gasteiger partial charge in [-0.2, -0.15) is 0 Å². The van der Waals surface area contributed by atoms with E-state index in [1.807, 2.05) is 6.07 Å². The molecule has 0 bridgehead atoms. The molecule has 1 N–H and O–H groups in total. The molecule has 0 unspecified atom stereocenters. The molecule has 0 aliphatic carbocycles. The van der Waals surface area contributed by atoms with Gasteiger partial charge in [0.2, 0.25) is 0 Å². The Balaban J connectivity index is 3.24. The summed E-state index contributed by atoms with van der Waals surface area (Å²) in [7, 11) is 5.29. The van der Waals surface area contributed by atoms with Crippen LogP contribution >= 0.6 is 0 Å². The van der Waals surface area contributed by atoms with E-state index in [1.54, 1.807) is 32.1 Å². The van der Waals surface area contributed by atoms with Crippen molar-refractivity contribution in [1.29, 1.82) is 0 Å². The zero-order valence-corrected chi connectivity index (χ0v) is 8.44. The number of rotatable bonds is 3. The Bertz CT molecular complexity index is 350. The van der Waals surface area contributed by atoms with Crippen LogP contribution in [0.25, 0.3) is 0 Å². The maximum atomic E-state index is 10.7. The van der Waals surface area contributed by atoms with Crippen molar-refractivity contribution in [2.45, 2.75) is 0 Å². The van der Waals surface area contributed by atoms with Gasteiger partial charge >= 0.3 is 0 Å². The van der Waals surface area contributed by atoms with Crippen molar-refractivity contribution in [3.63, 3.8) is 0 Å². The lowest BCUT2D eigenvalue weighted by Crippen LogP contribution is -2.11. The molecule has 1 aromatic rings. The highest BCUT2D eigenvalue weighted by Gasteiger charge is 2.15. The molecule has 0 heterocycles. The minimum atomic E-state index is -0.379. The fourth-order valence-electron chi connectivity index (χ4n) is 1.20. The van der Waals surface area contributed by atoms with Gasteiger partial charge in [-0.15, -0.1) is 0 Å². The summed E-state index contributed by atoms with van der Waals surface area (Å²) in [6.45, 7) is 0. The average molecular weight is 195 g/mol. The standard InChI is InChI=1S/C9H13N3O2/c1-10-7-4-5-8(11(2)3)9(6-7)12(13)14/h4-6,10H,1-3H3. The largest absolute Gasteiger partial charge is 0.388 e. The van der Waals surface area contributed by atoms with Crippen molar-refractivity contribution < 1.29 is 4.92 Å². The minimum absolute atomic E-state index is 0.113. The van der Waals surface area contributed by atoms with Gasteiger partial charge in [0.25, 0.3) is 5.69 Å². The number of hydrogen-bond donors (Lipinski definition) is 1. The first kappa shape index (κ1) is 10.3. The predicted octanol–water partition coefficient (Wildman–Crippen LogP) is 1.70. The Hall–Kier alpha value is -1.78. The molecule has 0 radical (unpaired) electrons. The summed E-state index contributed by atoms with van der Waals surface area (Å²) >= 11 is 0. The van der Waals surface area contributed by atoms with Gasteiger partial charge in [-0.25, -0.2) is 0 Å². The molecule has 0 saturated carbocycles. The van der Waals surface area contributed by atoms with Crippen LogP contribution in [0.4, 0.5) is 17.1 Å². The molecular formula is C9H13N3O2. The lowest BCUT2D eigenvalue weighted by molar-refractivity contribution is -0.384. The molecule has 0 fully saturated rings. The van der Waals surface area contributed by atoms with Crippen molar-refractivity contribution in [2.24, 2.45) is 0 Å². The first-order valence-electron chi connectivity index (χ1n) is 4.19. The first-order chi connectivity index (χ1) is 6.56. The smallest absolute Gasteiger partial charge is 0.294 e. The molecular weight excluding hydrogens is 182 g/mol. The van der Waals surface area contributed by atoms with Gasteiger partial charge in [0.15, 0.2) is 0 Å². The third-order valence-electron chi connectivity index (χ3n) is 1.94. The van der Waals surface area contributed by atoms with Crippen LogP contribution in [0.5, 0.6) is 0 Å². The summed E-state index contributed by atoms with van der Waals surface area (Å²) in [5, 5.41) is 13.6. The molecule has 5 heteroatoms. The molecule has 76 valence electrons. The zero-order chi connectivity index (χ0) is 10.7. The van der Waals surface area contributed by atoms with Crippen molar-refractivity contribution in [3.8, 4) is 0 Å². The summed E-state index contributed by atoms with van der Waals surface area (Å²) in [6.07, 6.45) is 0. The van der Waals surface area contributed by atoms with Gasteiger partial charge in [-0.05, 0) is 12.1 Å². The topological polar surface area (TPSA) is 58.4 Å². The molecule has 0 aliphatic rings. The fourth-order valence-corrected chi connectivity index (χ4v) is 1.20. The zero-order valence-electron chi connectivity index (χ0n) is 8.44. The lowest BCUT2D eigenvalue weighted by atomic mass is 10.2. The van der Waals surface area contributed by atoms with Crippen LogP contribution < -0.4 is 10.2 Å². The molecule has 14 heavy (non-hydrogen) atoms. The van der Waals surface area contributed by atoms with E-state index in [4.69, 9.17) is 0 Å². The SMILES string of the molecule is CNc1ccc(N(C)C)c([N+](=O)[O-])c1. The van der Waals surface area contributed by atoms with Gasteiger partial charge < -0.3 is 10.2 Å². The highest BCUT2D eigenvalue weighted by molar-refractivity contribution is 5.68. The summed E-state index contributed by atoms with van der Waals surface area (Å²) in [5.41, 5.74) is 1.46. The van der Waals surface area contributed by atoms with Crippen LogP contribution in [0.1, 0.15) is 0 Å². The first-order valence-corrected chi connectivity index (χ1v) is 4.19. The molecule has 0 spiro atoms. The van der Waals surface area contributed by atoms with Gasteiger partial charge in [0.05, 0.1) is 4.92 Å². The number of nitrogens with zero attached hydrogens (tertiary/aromatic N) is 2. The quantitative estimate of drug-likeness (QED) is 0.589. The molecule has 1 rings (SSSR count). The van der Waals surface area contributed by atoms with Crippen LogP contribution in [0.2, 0.25) is 0 Å². The Morgan fingerprint density at radius 3 is 2.50 bits per heavy atom. The second-order valence-electron chi connectivity index (χ2n) is 3.11. The third kappa shape index (κ3) is 1.93. The van der Waals surface area contributed by atoms with E-state index in [9.17, 15) is 10.1 Å². The second kappa shape index (κ2) is 3.95. The van der Waals surface area contributed by atoms with E-state index >= 15 is 0 Å².